The van der Waals surface area contributed by atoms with Crippen molar-refractivity contribution in [2.24, 2.45) is 5.41 Å². The van der Waals surface area contributed by atoms with Gasteiger partial charge >= 0.3 is 0 Å². The van der Waals surface area contributed by atoms with Crippen LogP contribution in [0, 0.1) is 5.41 Å². The molecule has 1 aromatic heterocycles. The molecule has 3 atom stereocenters. The molecule has 0 bridgehead atoms. The van der Waals surface area contributed by atoms with Gasteiger partial charge in [-0.15, -0.1) is 0 Å². The largest absolute Gasteiger partial charge is 0.345 e. The Bertz CT molecular complexity index is 992. The molecule has 0 saturated carbocycles. The van der Waals surface area contributed by atoms with Gasteiger partial charge in [-0.3, -0.25) is 14.4 Å². The summed E-state index contributed by atoms with van der Waals surface area (Å²) in [6.45, 7) is 10.9. The van der Waals surface area contributed by atoms with Crippen LogP contribution in [0.25, 0.3) is 11.0 Å². The minimum absolute atomic E-state index is 0.00285. The third-order valence-corrected chi connectivity index (χ3v) is 6.73. The maximum absolute atomic E-state index is 13.3. The number of aromatic nitrogens is 2. The van der Waals surface area contributed by atoms with Crippen molar-refractivity contribution in [2.75, 3.05) is 6.54 Å². The van der Waals surface area contributed by atoms with Crippen LogP contribution in [-0.2, 0) is 14.4 Å². The van der Waals surface area contributed by atoms with Crippen LogP contribution in [0.1, 0.15) is 91.4 Å². The number of aromatic amines is 1. The van der Waals surface area contributed by atoms with Crippen LogP contribution < -0.4 is 10.6 Å². The molecule has 192 valence electrons. The highest BCUT2D eigenvalue weighted by Crippen LogP contribution is 2.22. The number of carbonyl (C=O) groups is 3. The second kappa shape index (κ2) is 11.7. The Hall–Kier alpha value is -2.90. The molecule has 35 heavy (non-hydrogen) atoms. The molecule has 0 spiro atoms. The van der Waals surface area contributed by atoms with Gasteiger partial charge in [0.1, 0.15) is 11.9 Å². The number of benzene rings is 1. The average Bonchev–Trinajstić information content (AvgIpc) is 3.26. The van der Waals surface area contributed by atoms with Gasteiger partial charge in [0.15, 0.2) is 0 Å². The molecule has 1 saturated heterocycles. The Morgan fingerprint density at radius 1 is 1.17 bits per heavy atom. The summed E-state index contributed by atoms with van der Waals surface area (Å²) in [5.41, 5.74) is 1.71. The summed E-state index contributed by atoms with van der Waals surface area (Å²) in [6.07, 6.45) is 4.92. The summed E-state index contributed by atoms with van der Waals surface area (Å²) >= 11 is 0. The van der Waals surface area contributed by atoms with Gasteiger partial charge in [0.25, 0.3) is 0 Å². The number of imidazole rings is 1. The molecule has 3 rings (SSSR count). The van der Waals surface area contributed by atoms with Gasteiger partial charge in [0, 0.05) is 19.0 Å². The van der Waals surface area contributed by atoms with Crippen molar-refractivity contribution in [3.63, 3.8) is 0 Å². The fourth-order valence-electron chi connectivity index (χ4n) is 4.57. The maximum Gasteiger partial charge on any atom is 0.243 e. The SMILES string of the molecule is CC[C@H]1CCCCN1C(=O)C[C@H](NC(=O)CCC(C)(C)C)C(=O)N[C@@H](C)c1nc2ccccc2[nH]1. The van der Waals surface area contributed by atoms with E-state index in [4.69, 9.17) is 0 Å². The summed E-state index contributed by atoms with van der Waals surface area (Å²) in [5.74, 6) is -0.0367. The number of carbonyl (C=O) groups excluding carboxylic acids is 3. The highest BCUT2D eigenvalue weighted by molar-refractivity contribution is 5.92. The average molecular weight is 484 g/mol. The van der Waals surface area contributed by atoms with E-state index in [1.54, 1.807) is 0 Å². The zero-order valence-corrected chi connectivity index (χ0v) is 21.8. The van der Waals surface area contributed by atoms with Crippen LogP contribution in [0.2, 0.25) is 0 Å². The van der Waals surface area contributed by atoms with E-state index in [1.165, 1.54) is 0 Å². The van der Waals surface area contributed by atoms with Crippen molar-refractivity contribution in [2.45, 2.75) is 97.7 Å². The molecule has 0 aliphatic carbocycles. The molecule has 0 radical (unpaired) electrons. The molecular weight excluding hydrogens is 442 g/mol. The Morgan fingerprint density at radius 2 is 1.91 bits per heavy atom. The van der Waals surface area contributed by atoms with Crippen LogP contribution >= 0.6 is 0 Å². The van der Waals surface area contributed by atoms with Crippen molar-refractivity contribution < 1.29 is 14.4 Å². The molecule has 1 aromatic carbocycles. The van der Waals surface area contributed by atoms with Gasteiger partial charge < -0.3 is 20.5 Å². The second-order valence-electron chi connectivity index (χ2n) is 10.9. The molecule has 3 N–H and O–H groups in total. The topological polar surface area (TPSA) is 107 Å². The van der Waals surface area contributed by atoms with Gasteiger partial charge in [0.2, 0.25) is 17.7 Å². The van der Waals surface area contributed by atoms with Crippen LogP contribution in [0.4, 0.5) is 0 Å². The van der Waals surface area contributed by atoms with Crippen molar-refractivity contribution >= 4 is 28.8 Å². The fraction of sp³-hybridized carbons (Fsp3) is 0.630. The van der Waals surface area contributed by atoms with Crippen LogP contribution in [0.5, 0.6) is 0 Å². The summed E-state index contributed by atoms with van der Waals surface area (Å²) < 4.78 is 0. The Balaban J connectivity index is 1.71. The monoisotopic (exact) mass is 483 g/mol. The predicted molar refractivity (Wildman–Crippen MR) is 138 cm³/mol. The predicted octanol–water partition coefficient (Wildman–Crippen LogP) is 4.23. The number of hydrogen-bond acceptors (Lipinski definition) is 4. The van der Waals surface area contributed by atoms with Crippen molar-refractivity contribution in [1.82, 2.24) is 25.5 Å². The van der Waals surface area contributed by atoms with Crippen LogP contribution in [-0.4, -0.2) is 51.2 Å². The van der Waals surface area contributed by atoms with Gasteiger partial charge in [-0.1, -0.05) is 39.8 Å². The molecule has 8 nitrogen and oxygen atoms in total. The number of fused-ring (bicyclic) bond motifs is 1. The Morgan fingerprint density at radius 3 is 2.60 bits per heavy atom. The Labute approximate surface area is 208 Å². The summed E-state index contributed by atoms with van der Waals surface area (Å²) in [6, 6.07) is 6.54. The number of nitrogens with one attached hydrogen (secondary N) is 3. The second-order valence-corrected chi connectivity index (χ2v) is 10.9. The number of piperidine rings is 1. The minimum Gasteiger partial charge on any atom is -0.345 e. The van der Waals surface area contributed by atoms with E-state index in [2.05, 4.69) is 48.3 Å². The number of para-hydroxylation sites is 2. The number of likely N-dealkylation sites (tertiary alicyclic amines) is 1. The molecule has 2 aromatic rings. The zero-order chi connectivity index (χ0) is 25.6. The lowest BCUT2D eigenvalue weighted by Gasteiger charge is -2.36. The number of nitrogens with zero attached hydrogens (tertiary/aromatic N) is 2. The molecule has 0 unspecified atom stereocenters. The van der Waals surface area contributed by atoms with E-state index >= 15 is 0 Å². The lowest BCUT2D eigenvalue weighted by Crippen LogP contribution is -2.52. The number of amides is 3. The highest BCUT2D eigenvalue weighted by atomic mass is 16.2. The molecule has 1 aliphatic heterocycles. The molecule has 3 amide bonds. The molecule has 8 heteroatoms. The minimum atomic E-state index is -0.929. The zero-order valence-electron chi connectivity index (χ0n) is 21.8. The van der Waals surface area contributed by atoms with E-state index in [0.29, 0.717) is 25.2 Å². The van der Waals surface area contributed by atoms with Crippen molar-refractivity contribution in [1.29, 1.82) is 0 Å². The molecule has 2 heterocycles. The molecule has 1 fully saturated rings. The summed E-state index contributed by atoms with van der Waals surface area (Å²) in [4.78, 5) is 49.0. The standard InChI is InChI=1S/C27H41N5O3/c1-6-19-11-9-10-16-32(19)24(34)17-22(29-23(33)14-15-27(3,4)5)26(35)28-18(2)25-30-20-12-7-8-13-21(20)31-25/h7-8,12-13,18-19,22H,6,9-11,14-17H2,1-5H3,(H,28,35)(H,29,33)(H,30,31)/t18-,19-,22-/m0/s1. The van der Waals surface area contributed by atoms with Gasteiger partial charge in [-0.05, 0) is 56.6 Å². The first-order valence-corrected chi connectivity index (χ1v) is 12.9. The van der Waals surface area contributed by atoms with Crippen molar-refractivity contribution in [3.05, 3.63) is 30.1 Å². The van der Waals surface area contributed by atoms with Gasteiger partial charge in [-0.25, -0.2) is 4.98 Å². The third kappa shape index (κ3) is 7.54. The number of H-pyrrole nitrogens is 1. The first-order chi connectivity index (χ1) is 16.6. The summed E-state index contributed by atoms with van der Waals surface area (Å²) in [5, 5.41) is 5.80. The third-order valence-electron chi connectivity index (χ3n) is 6.73. The van der Waals surface area contributed by atoms with E-state index in [9.17, 15) is 14.4 Å². The lowest BCUT2D eigenvalue weighted by atomic mass is 9.90. The molecule has 1 aliphatic rings. The van der Waals surface area contributed by atoms with Gasteiger partial charge in [-0.2, -0.15) is 0 Å². The van der Waals surface area contributed by atoms with E-state index < -0.39 is 12.1 Å². The van der Waals surface area contributed by atoms with E-state index in [0.717, 1.165) is 36.7 Å². The van der Waals surface area contributed by atoms with E-state index in [-0.39, 0.29) is 35.6 Å². The summed E-state index contributed by atoms with van der Waals surface area (Å²) in [7, 11) is 0. The first kappa shape index (κ1) is 26.7. The van der Waals surface area contributed by atoms with Crippen LogP contribution in [0.15, 0.2) is 24.3 Å². The fourth-order valence-corrected chi connectivity index (χ4v) is 4.57. The smallest absolute Gasteiger partial charge is 0.243 e. The number of hydrogen-bond donors (Lipinski definition) is 3. The lowest BCUT2D eigenvalue weighted by molar-refractivity contribution is -0.139. The maximum atomic E-state index is 13.3. The Kier molecular flexibility index (Phi) is 8.92. The first-order valence-electron chi connectivity index (χ1n) is 12.9. The quantitative estimate of drug-likeness (QED) is 0.496. The van der Waals surface area contributed by atoms with Gasteiger partial charge in [0.05, 0.1) is 23.5 Å². The van der Waals surface area contributed by atoms with Crippen LogP contribution in [0.3, 0.4) is 0 Å². The number of rotatable bonds is 9. The molecular formula is C27H41N5O3. The van der Waals surface area contributed by atoms with Crippen molar-refractivity contribution in [3.8, 4) is 0 Å². The highest BCUT2D eigenvalue weighted by Gasteiger charge is 2.31. The normalized spacial score (nSPS) is 18.2. The van der Waals surface area contributed by atoms with E-state index in [1.807, 2.05) is 36.1 Å².